The number of benzene rings is 2. The molecule has 0 unspecified atom stereocenters. The van der Waals surface area contributed by atoms with E-state index < -0.39 is 10.0 Å². The van der Waals surface area contributed by atoms with Gasteiger partial charge in [0.1, 0.15) is 0 Å². The maximum Gasteiger partial charge on any atom is 0.243 e. The summed E-state index contributed by atoms with van der Waals surface area (Å²) in [5, 5.41) is 6.89. The number of carbonyl (C=O) groups is 1. The van der Waals surface area contributed by atoms with Crippen LogP contribution >= 0.6 is 0 Å². The molecule has 1 aliphatic rings. The molecule has 0 atom stereocenters. The monoisotopic (exact) mass is 454 g/mol. The average molecular weight is 455 g/mol. The van der Waals surface area contributed by atoms with Gasteiger partial charge in [-0.25, -0.2) is 8.42 Å². The number of rotatable bonds is 5. The van der Waals surface area contributed by atoms with Gasteiger partial charge in [-0.05, 0) is 50.5 Å². The van der Waals surface area contributed by atoms with E-state index in [4.69, 9.17) is 4.52 Å². The number of nitrogens with one attached hydrogen (secondary N) is 1. The SMILES string of the molecule is Cc1ccc(S(=O)(=O)N2CCC(C(=O)Nc3ccccc3-c3noc(C)n3)CC2)c(C)c1. The van der Waals surface area contributed by atoms with E-state index >= 15 is 0 Å². The normalized spacial score (nSPS) is 15.6. The maximum absolute atomic E-state index is 13.1. The van der Waals surface area contributed by atoms with Crippen LogP contribution in [-0.2, 0) is 14.8 Å². The van der Waals surface area contributed by atoms with Gasteiger partial charge in [-0.15, -0.1) is 0 Å². The summed E-state index contributed by atoms with van der Waals surface area (Å²) in [4.78, 5) is 17.5. The smallest absolute Gasteiger partial charge is 0.243 e. The van der Waals surface area contributed by atoms with Crippen molar-refractivity contribution in [2.75, 3.05) is 18.4 Å². The van der Waals surface area contributed by atoms with E-state index in [0.717, 1.165) is 11.1 Å². The first kappa shape index (κ1) is 22.2. The summed E-state index contributed by atoms with van der Waals surface area (Å²) in [7, 11) is -3.58. The quantitative estimate of drug-likeness (QED) is 0.630. The molecule has 0 bridgehead atoms. The van der Waals surface area contributed by atoms with Crippen molar-refractivity contribution in [1.82, 2.24) is 14.4 Å². The lowest BCUT2D eigenvalue weighted by atomic mass is 9.97. The van der Waals surface area contributed by atoms with Crippen molar-refractivity contribution in [3.63, 3.8) is 0 Å². The Labute approximate surface area is 187 Å². The minimum Gasteiger partial charge on any atom is -0.339 e. The molecule has 9 heteroatoms. The van der Waals surface area contributed by atoms with E-state index in [9.17, 15) is 13.2 Å². The van der Waals surface area contributed by atoms with Crippen LogP contribution in [0.2, 0.25) is 0 Å². The number of aromatic nitrogens is 2. The van der Waals surface area contributed by atoms with Crippen LogP contribution < -0.4 is 5.32 Å². The van der Waals surface area contributed by atoms with Crippen LogP contribution in [0, 0.1) is 26.7 Å². The zero-order valence-corrected chi connectivity index (χ0v) is 19.1. The molecular weight excluding hydrogens is 428 g/mol. The van der Waals surface area contributed by atoms with Crippen LogP contribution in [0.15, 0.2) is 51.9 Å². The third kappa shape index (κ3) is 4.44. The summed E-state index contributed by atoms with van der Waals surface area (Å²) in [5.74, 6) is 0.438. The molecule has 168 valence electrons. The fraction of sp³-hybridized carbons (Fsp3) is 0.348. The summed E-state index contributed by atoms with van der Waals surface area (Å²) >= 11 is 0. The average Bonchev–Trinajstić information content (AvgIpc) is 3.20. The molecule has 3 aromatic rings. The Hall–Kier alpha value is -3.04. The lowest BCUT2D eigenvalue weighted by Crippen LogP contribution is -2.41. The highest BCUT2D eigenvalue weighted by Gasteiger charge is 2.33. The van der Waals surface area contributed by atoms with Gasteiger partial charge in [0, 0.05) is 31.5 Å². The van der Waals surface area contributed by atoms with Gasteiger partial charge in [-0.2, -0.15) is 9.29 Å². The molecule has 4 rings (SSSR count). The van der Waals surface area contributed by atoms with Crippen molar-refractivity contribution in [3.05, 3.63) is 59.5 Å². The van der Waals surface area contributed by atoms with Crippen molar-refractivity contribution >= 4 is 21.6 Å². The second-order valence-electron chi connectivity index (χ2n) is 8.12. The van der Waals surface area contributed by atoms with Gasteiger partial charge in [0.2, 0.25) is 27.6 Å². The third-order valence-electron chi connectivity index (χ3n) is 5.73. The van der Waals surface area contributed by atoms with Crippen molar-refractivity contribution in [1.29, 1.82) is 0 Å². The zero-order chi connectivity index (χ0) is 22.9. The van der Waals surface area contributed by atoms with Crippen LogP contribution in [0.25, 0.3) is 11.4 Å². The van der Waals surface area contributed by atoms with Crippen molar-refractivity contribution in [2.45, 2.75) is 38.5 Å². The van der Waals surface area contributed by atoms with Gasteiger partial charge in [0.15, 0.2) is 0 Å². The lowest BCUT2D eigenvalue weighted by molar-refractivity contribution is -0.120. The number of amides is 1. The van der Waals surface area contributed by atoms with Crippen LogP contribution in [0.5, 0.6) is 0 Å². The Bertz CT molecular complexity index is 1240. The summed E-state index contributed by atoms with van der Waals surface area (Å²) in [6, 6.07) is 12.6. The first-order chi connectivity index (χ1) is 15.3. The second-order valence-corrected chi connectivity index (χ2v) is 10.0. The third-order valence-corrected chi connectivity index (χ3v) is 7.79. The number of aryl methyl sites for hydroxylation is 3. The van der Waals surface area contributed by atoms with E-state index in [1.807, 2.05) is 44.2 Å². The summed E-state index contributed by atoms with van der Waals surface area (Å²) in [6.07, 6.45) is 0.916. The molecule has 8 nitrogen and oxygen atoms in total. The fourth-order valence-electron chi connectivity index (χ4n) is 4.02. The van der Waals surface area contributed by atoms with Crippen LogP contribution in [0.1, 0.15) is 29.9 Å². The predicted octanol–water partition coefficient (Wildman–Crippen LogP) is 3.70. The molecule has 1 aliphatic heterocycles. The number of sulfonamides is 1. The maximum atomic E-state index is 13.1. The second kappa shape index (κ2) is 8.84. The first-order valence-corrected chi connectivity index (χ1v) is 12.0. The van der Waals surface area contributed by atoms with Crippen molar-refractivity contribution < 1.29 is 17.7 Å². The molecule has 0 radical (unpaired) electrons. The molecule has 32 heavy (non-hydrogen) atoms. The minimum absolute atomic E-state index is 0.138. The van der Waals surface area contributed by atoms with Crippen molar-refractivity contribution in [2.24, 2.45) is 5.92 Å². The minimum atomic E-state index is -3.58. The van der Waals surface area contributed by atoms with E-state index in [0.29, 0.717) is 53.8 Å². The Balaban J connectivity index is 1.44. The lowest BCUT2D eigenvalue weighted by Gasteiger charge is -2.31. The highest BCUT2D eigenvalue weighted by Crippen LogP contribution is 2.29. The topological polar surface area (TPSA) is 105 Å². The Kier molecular flexibility index (Phi) is 6.12. The highest BCUT2D eigenvalue weighted by atomic mass is 32.2. The van der Waals surface area contributed by atoms with Gasteiger partial charge in [-0.1, -0.05) is 35.0 Å². The number of hydrogen-bond donors (Lipinski definition) is 1. The molecule has 2 aromatic carbocycles. The Morgan fingerprint density at radius 2 is 1.81 bits per heavy atom. The summed E-state index contributed by atoms with van der Waals surface area (Å²) in [5.41, 5.74) is 3.03. The Morgan fingerprint density at radius 3 is 2.47 bits per heavy atom. The molecule has 1 amide bonds. The van der Waals surface area contributed by atoms with Crippen LogP contribution in [0.4, 0.5) is 5.69 Å². The van der Waals surface area contributed by atoms with Gasteiger partial charge in [0.25, 0.3) is 0 Å². The largest absolute Gasteiger partial charge is 0.339 e. The molecule has 1 fully saturated rings. The summed E-state index contributed by atoms with van der Waals surface area (Å²) in [6.45, 7) is 6.06. The predicted molar refractivity (Wildman–Crippen MR) is 120 cm³/mol. The van der Waals surface area contributed by atoms with E-state index in [2.05, 4.69) is 15.5 Å². The van der Waals surface area contributed by atoms with Gasteiger partial charge >= 0.3 is 0 Å². The van der Waals surface area contributed by atoms with Crippen LogP contribution in [-0.4, -0.2) is 41.9 Å². The fourth-order valence-corrected chi connectivity index (χ4v) is 5.69. The van der Waals surface area contributed by atoms with Crippen molar-refractivity contribution in [3.8, 4) is 11.4 Å². The van der Waals surface area contributed by atoms with Gasteiger partial charge < -0.3 is 9.84 Å². The van der Waals surface area contributed by atoms with Gasteiger partial charge in [-0.3, -0.25) is 4.79 Å². The number of hydrogen-bond acceptors (Lipinski definition) is 6. The Morgan fingerprint density at radius 1 is 1.09 bits per heavy atom. The first-order valence-electron chi connectivity index (χ1n) is 10.5. The number of para-hydroxylation sites is 1. The summed E-state index contributed by atoms with van der Waals surface area (Å²) < 4.78 is 32.7. The standard InChI is InChI=1S/C23H26N4O4S/c1-15-8-9-21(16(2)14-15)32(29,30)27-12-10-18(11-13-27)23(28)25-20-7-5-4-6-19(20)22-24-17(3)31-26-22/h4-9,14,18H,10-13H2,1-3H3,(H,25,28). The van der Waals surface area contributed by atoms with E-state index in [1.54, 1.807) is 19.1 Å². The molecule has 0 spiro atoms. The molecule has 1 saturated heterocycles. The molecule has 1 aromatic heterocycles. The molecule has 0 saturated carbocycles. The number of nitrogens with zero attached hydrogens (tertiary/aromatic N) is 3. The molecular formula is C23H26N4O4S. The number of piperidine rings is 1. The molecule has 1 N–H and O–H groups in total. The zero-order valence-electron chi connectivity index (χ0n) is 18.3. The highest BCUT2D eigenvalue weighted by molar-refractivity contribution is 7.89. The number of anilines is 1. The van der Waals surface area contributed by atoms with E-state index in [1.165, 1.54) is 4.31 Å². The molecule has 2 heterocycles. The van der Waals surface area contributed by atoms with Gasteiger partial charge in [0.05, 0.1) is 10.6 Å². The molecule has 0 aliphatic carbocycles. The van der Waals surface area contributed by atoms with Crippen LogP contribution in [0.3, 0.4) is 0 Å². The number of carbonyl (C=O) groups excluding carboxylic acids is 1. The van der Waals surface area contributed by atoms with E-state index in [-0.39, 0.29) is 11.8 Å².